The Balaban J connectivity index is 2.02. The van der Waals surface area contributed by atoms with Gasteiger partial charge in [0.25, 0.3) is 0 Å². The number of hydrogen-bond donors (Lipinski definition) is 2. The molecule has 0 saturated carbocycles. The quantitative estimate of drug-likeness (QED) is 0.367. The van der Waals surface area contributed by atoms with E-state index < -0.39 is 47.9 Å². The van der Waals surface area contributed by atoms with Crippen molar-refractivity contribution in [1.29, 1.82) is 0 Å². The number of nitrogens with zero attached hydrogens (tertiary/aromatic N) is 4. The van der Waals surface area contributed by atoms with Crippen LogP contribution in [0, 0.1) is 19.7 Å². The number of aromatic nitrogens is 4. The fourth-order valence-corrected chi connectivity index (χ4v) is 4.73. The van der Waals surface area contributed by atoms with Crippen LogP contribution in [0.1, 0.15) is 39.3 Å². The van der Waals surface area contributed by atoms with Gasteiger partial charge in [0.05, 0.1) is 42.4 Å². The highest BCUT2D eigenvalue weighted by molar-refractivity contribution is 6.33. The van der Waals surface area contributed by atoms with Crippen LogP contribution in [0.5, 0.6) is 5.75 Å². The molecule has 4 aromatic rings. The standard InChI is InChI=1S/C27H26ClF2N5O3/c1-13(2)20-22(14(3)7-8-32-20)35-24-18(34(25(37)26(35)38)12-27(30)10-31-11-27)9-16(28)21(33-24)19-17(29)6-5-15(4)23(19)36/h5-9,13,31,36H,10-12H2,1-4H3/i12D2. The molecule has 0 aliphatic carbocycles. The average molecular weight is 544 g/mol. The van der Waals surface area contributed by atoms with Gasteiger partial charge < -0.3 is 10.4 Å². The number of halogens is 3. The lowest BCUT2D eigenvalue weighted by Crippen LogP contribution is -2.60. The fourth-order valence-electron chi connectivity index (χ4n) is 4.49. The summed E-state index contributed by atoms with van der Waals surface area (Å²) in [6.07, 6.45) is 1.55. The zero-order chi connectivity index (χ0) is 29.3. The number of phenols is 1. The van der Waals surface area contributed by atoms with Crippen molar-refractivity contribution in [2.75, 3.05) is 13.1 Å². The molecular formula is C27H26ClF2N5O3. The SMILES string of the molecule is [2H]C([2H])(n1c(=O)c(=O)n(-c2c(C)ccnc2C(C)C)c2nc(-c3c(F)ccc(C)c3O)c(Cl)cc21)C1(F)CNC1. The van der Waals surface area contributed by atoms with Crippen LogP contribution >= 0.6 is 11.6 Å². The predicted molar refractivity (Wildman–Crippen MR) is 142 cm³/mol. The van der Waals surface area contributed by atoms with Crippen LogP contribution in [0.4, 0.5) is 8.78 Å². The second kappa shape index (κ2) is 9.28. The first-order chi connectivity index (χ1) is 18.7. The van der Waals surface area contributed by atoms with Crippen LogP contribution in [0.2, 0.25) is 5.02 Å². The highest BCUT2D eigenvalue weighted by atomic mass is 35.5. The summed E-state index contributed by atoms with van der Waals surface area (Å²) in [6.45, 7) is 3.16. The summed E-state index contributed by atoms with van der Waals surface area (Å²) in [5.41, 5.74) is -4.69. The fraction of sp³-hybridized carbons (Fsp3) is 0.333. The zero-order valence-corrected chi connectivity index (χ0v) is 21.8. The van der Waals surface area contributed by atoms with Crippen molar-refractivity contribution in [3.8, 4) is 22.7 Å². The third-order valence-electron chi connectivity index (χ3n) is 6.59. The van der Waals surface area contributed by atoms with E-state index in [9.17, 15) is 14.7 Å². The number of aromatic hydroxyl groups is 1. The van der Waals surface area contributed by atoms with Gasteiger partial charge in [0.1, 0.15) is 11.6 Å². The summed E-state index contributed by atoms with van der Waals surface area (Å²) >= 11 is 6.54. The first-order valence-corrected chi connectivity index (χ1v) is 12.3. The van der Waals surface area contributed by atoms with Crippen molar-refractivity contribution in [2.45, 2.75) is 45.8 Å². The van der Waals surface area contributed by atoms with E-state index in [4.69, 9.17) is 14.3 Å². The third-order valence-corrected chi connectivity index (χ3v) is 6.88. The van der Waals surface area contributed by atoms with Crippen molar-refractivity contribution in [3.05, 3.63) is 78.8 Å². The van der Waals surface area contributed by atoms with Gasteiger partial charge in [-0.3, -0.25) is 23.7 Å². The van der Waals surface area contributed by atoms with Crippen LogP contribution < -0.4 is 16.4 Å². The molecule has 0 radical (unpaired) electrons. The number of aryl methyl sites for hydroxylation is 2. The molecule has 1 fully saturated rings. The summed E-state index contributed by atoms with van der Waals surface area (Å²) in [7, 11) is 0. The summed E-state index contributed by atoms with van der Waals surface area (Å²) in [5, 5.41) is 13.1. The zero-order valence-electron chi connectivity index (χ0n) is 23.1. The Labute approximate surface area is 224 Å². The Morgan fingerprint density at radius 2 is 1.92 bits per heavy atom. The smallest absolute Gasteiger partial charge is 0.322 e. The maximum atomic E-state index is 15.6. The molecule has 0 unspecified atom stereocenters. The molecule has 11 heteroatoms. The van der Waals surface area contributed by atoms with Crippen LogP contribution in [-0.4, -0.2) is 43.0 Å². The van der Waals surface area contributed by atoms with E-state index >= 15 is 8.78 Å². The molecule has 3 aromatic heterocycles. The van der Waals surface area contributed by atoms with Gasteiger partial charge >= 0.3 is 11.1 Å². The van der Waals surface area contributed by atoms with Crippen molar-refractivity contribution < 1.29 is 16.6 Å². The highest BCUT2D eigenvalue weighted by Crippen LogP contribution is 2.39. The molecule has 8 nitrogen and oxygen atoms in total. The molecule has 38 heavy (non-hydrogen) atoms. The Hall–Kier alpha value is -3.63. The van der Waals surface area contributed by atoms with E-state index in [0.29, 0.717) is 21.4 Å². The normalized spacial score (nSPS) is 15.9. The number of fused-ring (bicyclic) bond motifs is 1. The third kappa shape index (κ3) is 4.08. The van der Waals surface area contributed by atoms with E-state index in [-0.39, 0.29) is 39.0 Å². The van der Waals surface area contributed by atoms with Crippen LogP contribution in [0.25, 0.3) is 28.1 Å². The largest absolute Gasteiger partial charge is 0.507 e. The van der Waals surface area contributed by atoms with Gasteiger partial charge in [0.15, 0.2) is 11.3 Å². The molecule has 5 rings (SSSR count). The van der Waals surface area contributed by atoms with E-state index in [2.05, 4.69) is 15.3 Å². The highest BCUT2D eigenvalue weighted by Gasteiger charge is 2.39. The van der Waals surface area contributed by atoms with E-state index in [1.807, 2.05) is 13.8 Å². The molecule has 0 spiro atoms. The average Bonchev–Trinajstić information content (AvgIpc) is 2.86. The predicted octanol–water partition coefficient (Wildman–Crippen LogP) is 4.16. The minimum atomic E-state index is -2.99. The van der Waals surface area contributed by atoms with Crippen LogP contribution in [0.3, 0.4) is 0 Å². The summed E-state index contributed by atoms with van der Waals surface area (Å²) < 4.78 is 49.4. The second-order valence-electron chi connectivity index (χ2n) is 9.73. The lowest BCUT2D eigenvalue weighted by molar-refractivity contribution is 0.0704. The maximum absolute atomic E-state index is 15.6. The lowest BCUT2D eigenvalue weighted by Gasteiger charge is -2.35. The van der Waals surface area contributed by atoms with Gasteiger partial charge in [0, 0.05) is 19.3 Å². The van der Waals surface area contributed by atoms with E-state index in [1.165, 1.54) is 6.07 Å². The van der Waals surface area contributed by atoms with Gasteiger partial charge in [0.2, 0.25) is 0 Å². The topological polar surface area (TPSA) is 102 Å². The van der Waals surface area contributed by atoms with E-state index in [1.54, 1.807) is 26.1 Å². The Bertz CT molecular complexity index is 1820. The van der Waals surface area contributed by atoms with Gasteiger partial charge in [-0.1, -0.05) is 31.5 Å². The molecule has 2 N–H and O–H groups in total. The summed E-state index contributed by atoms with van der Waals surface area (Å²) in [5.74, 6) is -1.50. The molecule has 0 amide bonds. The number of benzene rings is 1. The summed E-state index contributed by atoms with van der Waals surface area (Å²) in [4.78, 5) is 36.3. The number of phenolic OH excluding ortho intramolecular Hbond substituents is 1. The monoisotopic (exact) mass is 543 g/mol. The van der Waals surface area contributed by atoms with E-state index in [0.717, 1.165) is 16.7 Å². The minimum Gasteiger partial charge on any atom is -0.507 e. The Morgan fingerprint density at radius 1 is 1.21 bits per heavy atom. The molecule has 1 saturated heterocycles. The molecule has 1 aliphatic rings. The lowest BCUT2D eigenvalue weighted by atomic mass is 9.99. The van der Waals surface area contributed by atoms with Gasteiger partial charge in [-0.25, -0.2) is 13.8 Å². The first-order valence-electron chi connectivity index (χ1n) is 12.9. The van der Waals surface area contributed by atoms with Crippen molar-refractivity contribution >= 4 is 22.8 Å². The minimum absolute atomic E-state index is 0.217. The number of hydrogen-bond acceptors (Lipinski definition) is 6. The van der Waals surface area contributed by atoms with Crippen LogP contribution in [-0.2, 0) is 6.50 Å². The molecule has 198 valence electrons. The second-order valence-corrected chi connectivity index (χ2v) is 10.1. The van der Waals surface area contributed by atoms with Crippen molar-refractivity contribution in [2.24, 2.45) is 0 Å². The number of alkyl halides is 1. The molecule has 4 heterocycles. The number of rotatable bonds is 5. The first kappa shape index (κ1) is 23.5. The number of nitrogens with one attached hydrogen (secondary N) is 1. The van der Waals surface area contributed by atoms with Crippen molar-refractivity contribution in [1.82, 2.24) is 24.4 Å². The van der Waals surface area contributed by atoms with Gasteiger partial charge in [-0.15, -0.1) is 0 Å². The van der Waals surface area contributed by atoms with Gasteiger partial charge in [-0.05, 0) is 49.1 Å². The summed E-state index contributed by atoms with van der Waals surface area (Å²) in [6, 6.07) is 5.25. The van der Waals surface area contributed by atoms with Gasteiger partial charge in [-0.2, -0.15) is 0 Å². The Morgan fingerprint density at radius 3 is 2.55 bits per heavy atom. The molecule has 1 aliphatic heterocycles. The van der Waals surface area contributed by atoms with Crippen molar-refractivity contribution in [3.63, 3.8) is 0 Å². The molecular weight excluding hydrogens is 516 g/mol. The number of pyridine rings is 2. The van der Waals surface area contributed by atoms with Crippen LogP contribution in [0.15, 0.2) is 40.1 Å². The maximum Gasteiger partial charge on any atom is 0.322 e. The molecule has 0 atom stereocenters. The Kier molecular flexibility index (Phi) is 5.74. The molecule has 1 aromatic carbocycles. The molecule has 0 bridgehead atoms.